The molecule has 0 unspecified atom stereocenters. The summed E-state index contributed by atoms with van der Waals surface area (Å²) in [6.07, 6.45) is 0. The van der Waals surface area contributed by atoms with Crippen molar-refractivity contribution in [2.75, 3.05) is 0 Å². The molecular weight excluding hydrogens is 530 g/mol. The monoisotopic (exact) mass is 549 g/mol. The SMILES string of the molecule is N#Cc1cc(C#N)cc(-n2c3ccc(-c4ccc5c(c4)oc4ccccc45)cc3c3c4oc5ccccc5c4ccc32)c1. The van der Waals surface area contributed by atoms with Crippen molar-refractivity contribution in [1.29, 1.82) is 10.5 Å². The van der Waals surface area contributed by atoms with E-state index in [2.05, 4.69) is 77.4 Å². The van der Waals surface area contributed by atoms with Gasteiger partial charge >= 0.3 is 0 Å². The van der Waals surface area contributed by atoms with E-state index >= 15 is 0 Å². The predicted octanol–water partition coefficient (Wildman–Crippen LogP) is 9.99. The Hall–Kier alpha value is -6.30. The zero-order chi connectivity index (χ0) is 28.7. The number of nitrogens with zero attached hydrogens (tertiary/aromatic N) is 3. The smallest absolute Gasteiger partial charge is 0.145 e. The first kappa shape index (κ1) is 23.4. The van der Waals surface area contributed by atoms with Gasteiger partial charge in [0.2, 0.25) is 0 Å². The molecular formula is C38H19N3O2. The number of para-hydroxylation sites is 2. The minimum Gasteiger partial charge on any atom is -0.456 e. The van der Waals surface area contributed by atoms with E-state index in [0.717, 1.165) is 82.5 Å². The van der Waals surface area contributed by atoms with Crippen LogP contribution in [0.5, 0.6) is 0 Å². The maximum atomic E-state index is 9.72. The Morgan fingerprint density at radius 1 is 0.488 bits per heavy atom. The molecule has 0 aliphatic rings. The second-order valence-electron chi connectivity index (χ2n) is 10.8. The lowest BCUT2D eigenvalue weighted by Gasteiger charge is -2.09. The Morgan fingerprint density at radius 2 is 1.09 bits per heavy atom. The van der Waals surface area contributed by atoms with Crippen LogP contribution in [0.1, 0.15) is 11.1 Å². The summed E-state index contributed by atoms with van der Waals surface area (Å²) in [4.78, 5) is 0. The molecule has 0 N–H and O–H groups in total. The van der Waals surface area contributed by atoms with Gasteiger partial charge in [-0.25, -0.2) is 0 Å². The molecule has 0 radical (unpaired) electrons. The number of aromatic nitrogens is 1. The van der Waals surface area contributed by atoms with Crippen molar-refractivity contribution < 1.29 is 8.83 Å². The van der Waals surface area contributed by atoms with Crippen LogP contribution < -0.4 is 0 Å². The molecule has 0 spiro atoms. The Kier molecular flexibility index (Phi) is 4.68. The van der Waals surface area contributed by atoms with E-state index in [0.29, 0.717) is 11.1 Å². The van der Waals surface area contributed by atoms with Gasteiger partial charge in [0, 0.05) is 32.6 Å². The number of hydrogen-bond donors (Lipinski definition) is 0. The quantitative estimate of drug-likeness (QED) is 0.215. The number of benzene rings is 6. The molecule has 9 rings (SSSR count). The summed E-state index contributed by atoms with van der Waals surface area (Å²) < 4.78 is 14.8. The topological polar surface area (TPSA) is 78.8 Å². The van der Waals surface area contributed by atoms with Gasteiger partial charge in [-0.15, -0.1) is 0 Å². The first-order valence-electron chi connectivity index (χ1n) is 14.0. The van der Waals surface area contributed by atoms with E-state index in [-0.39, 0.29) is 0 Å². The highest BCUT2D eigenvalue weighted by Gasteiger charge is 2.20. The molecule has 0 aliphatic heterocycles. The highest BCUT2D eigenvalue weighted by atomic mass is 16.3. The van der Waals surface area contributed by atoms with E-state index in [1.54, 1.807) is 6.07 Å². The Balaban J connectivity index is 1.37. The van der Waals surface area contributed by atoms with Crippen molar-refractivity contribution in [3.8, 4) is 29.0 Å². The molecule has 43 heavy (non-hydrogen) atoms. The third kappa shape index (κ3) is 3.31. The molecule has 5 nitrogen and oxygen atoms in total. The van der Waals surface area contributed by atoms with Crippen LogP contribution in [0.25, 0.3) is 82.5 Å². The molecule has 0 fully saturated rings. The molecule has 0 bridgehead atoms. The third-order valence-electron chi connectivity index (χ3n) is 8.42. The second kappa shape index (κ2) is 8.60. The van der Waals surface area contributed by atoms with Crippen molar-refractivity contribution in [2.45, 2.75) is 0 Å². The zero-order valence-corrected chi connectivity index (χ0v) is 22.6. The van der Waals surface area contributed by atoms with Crippen LogP contribution in [0.4, 0.5) is 0 Å². The van der Waals surface area contributed by atoms with Gasteiger partial charge in [0.05, 0.1) is 39.7 Å². The molecule has 3 heterocycles. The largest absolute Gasteiger partial charge is 0.456 e. The lowest BCUT2D eigenvalue weighted by molar-refractivity contribution is 0.669. The van der Waals surface area contributed by atoms with Gasteiger partial charge in [-0.05, 0) is 77.9 Å². The highest BCUT2D eigenvalue weighted by Crippen LogP contribution is 2.42. The normalized spacial score (nSPS) is 11.7. The van der Waals surface area contributed by atoms with Gasteiger partial charge in [-0.2, -0.15) is 10.5 Å². The molecule has 3 aromatic heterocycles. The maximum absolute atomic E-state index is 9.72. The Morgan fingerprint density at radius 3 is 1.86 bits per heavy atom. The molecule has 0 saturated heterocycles. The minimum atomic E-state index is 0.435. The average Bonchev–Trinajstić information content (AvgIpc) is 3.73. The van der Waals surface area contributed by atoms with Crippen LogP contribution in [-0.4, -0.2) is 4.57 Å². The van der Waals surface area contributed by atoms with E-state index in [4.69, 9.17) is 8.83 Å². The van der Waals surface area contributed by atoms with Gasteiger partial charge in [-0.1, -0.05) is 48.5 Å². The summed E-state index contributed by atoms with van der Waals surface area (Å²) in [6, 6.07) is 42.8. The van der Waals surface area contributed by atoms with E-state index in [1.165, 1.54) is 0 Å². The van der Waals surface area contributed by atoms with E-state index in [9.17, 15) is 10.5 Å². The average molecular weight is 550 g/mol. The fraction of sp³-hybridized carbons (Fsp3) is 0. The lowest BCUT2D eigenvalue weighted by Crippen LogP contribution is -1.96. The zero-order valence-electron chi connectivity index (χ0n) is 22.6. The maximum Gasteiger partial charge on any atom is 0.145 e. The molecule has 0 saturated carbocycles. The summed E-state index contributed by atoms with van der Waals surface area (Å²) in [5, 5.41) is 25.7. The predicted molar refractivity (Wildman–Crippen MR) is 170 cm³/mol. The van der Waals surface area contributed by atoms with Crippen LogP contribution >= 0.6 is 0 Å². The Bertz CT molecular complexity index is 2680. The van der Waals surface area contributed by atoms with Gasteiger partial charge in [0.25, 0.3) is 0 Å². The molecule has 0 amide bonds. The molecule has 6 aromatic carbocycles. The van der Waals surface area contributed by atoms with Gasteiger partial charge in [0.15, 0.2) is 0 Å². The number of fused-ring (bicyclic) bond motifs is 10. The molecule has 0 aliphatic carbocycles. The van der Waals surface area contributed by atoms with Crippen molar-refractivity contribution in [2.24, 2.45) is 0 Å². The van der Waals surface area contributed by atoms with Crippen molar-refractivity contribution >= 4 is 65.7 Å². The second-order valence-corrected chi connectivity index (χ2v) is 10.8. The van der Waals surface area contributed by atoms with Crippen molar-refractivity contribution in [3.05, 3.63) is 126 Å². The minimum absolute atomic E-state index is 0.435. The van der Waals surface area contributed by atoms with E-state index in [1.807, 2.05) is 48.5 Å². The van der Waals surface area contributed by atoms with Crippen LogP contribution in [0.3, 0.4) is 0 Å². The Labute approximate surface area is 244 Å². The van der Waals surface area contributed by atoms with Crippen LogP contribution in [0.2, 0.25) is 0 Å². The van der Waals surface area contributed by atoms with Gasteiger partial charge in [0.1, 0.15) is 22.3 Å². The number of hydrogen-bond acceptors (Lipinski definition) is 4. The van der Waals surface area contributed by atoms with Gasteiger partial charge in [-0.3, -0.25) is 0 Å². The number of rotatable bonds is 2. The van der Waals surface area contributed by atoms with Crippen molar-refractivity contribution in [1.82, 2.24) is 4.57 Å². The summed E-state index contributed by atoms with van der Waals surface area (Å²) in [5.74, 6) is 0. The van der Waals surface area contributed by atoms with Crippen LogP contribution in [0, 0.1) is 22.7 Å². The summed E-state index contributed by atoms with van der Waals surface area (Å²) in [5.41, 5.74) is 8.96. The highest BCUT2D eigenvalue weighted by molar-refractivity contribution is 6.24. The molecule has 9 aromatic rings. The lowest BCUT2D eigenvalue weighted by atomic mass is 10.0. The van der Waals surface area contributed by atoms with Gasteiger partial charge < -0.3 is 13.4 Å². The fourth-order valence-electron chi connectivity index (χ4n) is 6.52. The molecule has 0 atom stereocenters. The summed E-state index contributed by atoms with van der Waals surface area (Å²) in [6.45, 7) is 0. The standard InChI is InChI=1S/C38H19N3O2/c39-20-22-15-23(21-40)17-26(16-22)41-32-13-10-24(25-9-11-29-27-5-1-3-7-34(27)42-36(29)19-25)18-31(32)37-33(41)14-12-30-28-6-2-4-8-35(28)43-38(30)37/h1-19H. The summed E-state index contributed by atoms with van der Waals surface area (Å²) >= 11 is 0. The fourth-order valence-corrected chi connectivity index (χ4v) is 6.52. The summed E-state index contributed by atoms with van der Waals surface area (Å²) in [7, 11) is 0. The van der Waals surface area contributed by atoms with Crippen molar-refractivity contribution in [3.63, 3.8) is 0 Å². The molecule has 5 heteroatoms. The number of nitriles is 2. The molecule has 198 valence electrons. The first-order chi connectivity index (χ1) is 21.2. The first-order valence-corrected chi connectivity index (χ1v) is 14.0. The number of furan rings is 2. The van der Waals surface area contributed by atoms with E-state index < -0.39 is 0 Å². The third-order valence-corrected chi connectivity index (χ3v) is 8.42. The van der Waals surface area contributed by atoms with Crippen LogP contribution in [0.15, 0.2) is 124 Å². The van der Waals surface area contributed by atoms with Crippen LogP contribution in [-0.2, 0) is 0 Å².